The Morgan fingerprint density at radius 3 is 2.71 bits per heavy atom. The molecule has 0 saturated carbocycles. The molecule has 0 aliphatic rings. The number of nitrogens with zero attached hydrogens (tertiary/aromatic N) is 4. The van der Waals surface area contributed by atoms with Gasteiger partial charge in [-0.25, -0.2) is 0 Å². The van der Waals surface area contributed by atoms with Crippen LogP contribution in [0.3, 0.4) is 0 Å². The van der Waals surface area contributed by atoms with Crippen molar-refractivity contribution in [1.29, 1.82) is 0 Å². The van der Waals surface area contributed by atoms with E-state index in [-0.39, 0.29) is 0 Å². The topological polar surface area (TPSA) is 58.9 Å². The monoisotopic (exact) mass is 297 g/mol. The maximum absolute atomic E-state index is 6.16. The van der Waals surface area contributed by atoms with Crippen LogP contribution in [0, 0.1) is 13.8 Å². The molecule has 5 nitrogen and oxygen atoms in total. The fraction of sp³-hybridized carbons (Fsp3) is 0.133. The number of pyridine rings is 1. The zero-order valence-corrected chi connectivity index (χ0v) is 12.3. The van der Waals surface area contributed by atoms with E-state index in [1.54, 1.807) is 0 Å². The van der Waals surface area contributed by atoms with Crippen molar-refractivity contribution in [3.05, 3.63) is 46.6 Å². The van der Waals surface area contributed by atoms with E-state index in [2.05, 4.69) is 27.3 Å². The molecule has 21 heavy (non-hydrogen) atoms. The van der Waals surface area contributed by atoms with Gasteiger partial charge in [0.15, 0.2) is 11.5 Å². The molecular weight excluding hydrogens is 286 g/mol. The summed E-state index contributed by atoms with van der Waals surface area (Å²) < 4.78 is 1.99. The van der Waals surface area contributed by atoms with Crippen LogP contribution in [0.15, 0.2) is 30.3 Å². The van der Waals surface area contributed by atoms with Gasteiger partial charge in [0.05, 0.1) is 5.52 Å². The van der Waals surface area contributed by atoms with Gasteiger partial charge in [0.25, 0.3) is 0 Å². The molecule has 4 rings (SSSR count). The number of nitrogens with one attached hydrogen (secondary N) is 1. The molecule has 3 heterocycles. The molecule has 0 amide bonds. The minimum absolute atomic E-state index is 0.687. The van der Waals surface area contributed by atoms with Crippen LogP contribution in [0.4, 0.5) is 0 Å². The third-order valence-electron chi connectivity index (χ3n) is 3.59. The first-order chi connectivity index (χ1) is 10.1. The van der Waals surface area contributed by atoms with Gasteiger partial charge < -0.3 is 0 Å². The Labute approximate surface area is 125 Å². The van der Waals surface area contributed by atoms with Gasteiger partial charge in [-0.15, -0.1) is 10.2 Å². The summed E-state index contributed by atoms with van der Waals surface area (Å²) in [5.74, 6) is 0.710. The molecule has 0 aliphatic heterocycles. The standard InChI is InChI=1S/C15H12ClN5/c1-8-5-14-19-20-15(12-6-9(2)17-18-12)21(14)13-7-10(16)3-4-11(8)13/h3-7H,1-2H3,(H,17,18). The van der Waals surface area contributed by atoms with Crippen LogP contribution in [0.1, 0.15) is 11.3 Å². The van der Waals surface area contributed by atoms with Crippen molar-refractivity contribution in [3.8, 4) is 11.5 Å². The fourth-order valence-corrected chi connectivity index (χ4v) is 2.79. The molecule has 0 unspecified atom stereocenters. The third-order valence-corrected chi connectivity index (χ3v) is 3.83. The Balaban J connectivity index is 2.17. The van der Waals surface area contributed by atoms with Crippen LogP contribution in [-0.4, -0.2) is 24.8 Å². The number of halogens is 1. The van der Waals surface area contributed by atoms with Gasteiger partial charge >= 0.3 is 0 Å². The zero-order valence-electron chi connectivity index (χ0n) is 11.6. The molecule has 1 aromatic carbocycles. The molecule has 0 fully saturated rings. The van der Waals surface area contributed by atoms with Crippen molar-refractivity contribution < 1.29 is 0 Å². The normalized spacial score (nSPS) is 11.6. The Morgan fingerprint density at radius 1 is 1.10 bits per heavy atom. The van der Waals surface area contributed by atoms with Crippen LogP contribution in [0.2, 0.25) is 5.02 Å². The number of aromatic amines is 1. The van der Waals surface area contributed by atoms with Gasteiger partial charge in [-0.2, -0.15) is 5.10 Å². The van der Waals surface area contributed by atoms with Gasteiger partial charge in [0.2, 0.25) is 0 Å². The molecule has 1 N–H and O–H groups in total. The highest BCUT2D eigenvalue weighted by atomic mass is 35.5. The Morgan fingerprint density at radius 2 is 1.95 bits per heavy atom. The SMILES string of the molecule is Cc1cc(-c2nnc3cc(C)c4ccc(Cl)cc4n23)n[nH]1. The molecular formula is C15H12ClN5. The van der Waals surface area contributed by atoms with Crippen molar-refractivity contribution in [3.63, 3.8) is 0 Å². The molecule has 0 bridgehead atoms. The lowest BCUT2D eigenvalue weighted by atomic mass is 10.1. The highest BCUT2D eigenvalue weighted by Gasteiger charge is 2.14. The van der Waals surface area contributed by atoms with Crippen LogP contribution in [-0.2, 0) is 0 Å². The number of H-pyrrole nitrogens is 1. The Bertz CT molecular complexity index is 982. The summed E-state index contributed by atoms with van der Waals surface area (Å²) >= 11 is 6.16. The van der Waals surface area contributed by atoms with Crippen LogP contribution < -0.4 is 0 Å². The van der Waals surface area contributed by atoms with Crippen LogP contribution in [0.5, 0.6) is 0 Å². The third kappa shape index (κ3) is 1.81. The van der Waals surface area contributed by atoms with E-state index in [0.717, 1.165) is 33.5 Å². The quantitative estimate of drug-likeness (QED) is 0.584. The number of aromatic nitrogens is 5. The van der Waals surface area contributed by atoms with Crippen molar-refractivity contribution in [2.75, 3.05) is 0 Å². The van der Waals surface area contributed by atoms with Crippen molar-refractivity contribution >= 4 is 28.2 Å². The molecule has 0 atom stereocenters. The highest BCUT2D eigenvalue weighted by molar-refractivity contribution is 6.31. The van der Waals surface area contributed by atoms with Crippen molar-refractivity contribution in [2.24, 2.45) is 0 Å². The molecule has 6 heteroatoms. The minimum atomic E-state index is 0.687. The highest BCUT2D eigenvalue weighted by Crippen LogP contribution is 2.27. The van der Waals surface area contributed by atoms with Crippen LogP contribution >= 0.6 is 11.6 Å². The second-order valence-electron chi connectivity index (χ2n) is 5.14. The first-order valence-corrected chi connectivity index (χ1v) is 6.97. The zero-order chi connectivity index (χ0) is 14.6. The number of hydrogen-bond donors (Lipinski definition) is 1. The Kier molecular flexibility index (Phi) is 2.53. The maximum Gasteiger partial charge on any atom is 0.189 e. The van der Waals surface area contributed by atoms with E-state index in [9.17, 15) is 0 Å². The lowest BCUT2D eigenvalue weighted by molar-refractivity contribution is 1.03. The number of fused-ring (bicyclic) bond motifs is 3. The average molecular weight is 298 g/mol. The van der Waals surface area contributed by atoms with Gasteiger partial charge in [-0.3, -0.25) is 9.50 Å². The number of rotatable bonds is 1. The summed E-state index contributed by atoms with van der Waals surface area (Å²) in [6, 6.07) is 9.82. The smallest absolute Gasteiger partial charge is 0.189 e. The minimum Gasteiger partial charge on any atom is -0.282 e. The van der Waals surface area contributed by atoms with E-state index in [1.165, 1.54) is 0 Å². The van der Waals surface area contributed by atoms with E-state index < -0.39 is 0 Å². The lowest BCUT2D eigenvalue weighted by Gasteiger charge is -2.07. The predicted molar refractivity (Wildman–Crippen MR) is 82.6 cm³/mol. The first kappa shape index (κ1) is 12.3. The molecule has 3 aromatic heterocycles. The maximum atomic E-state index is 6.16. The number of benzene rings is 1. The van der Waals surface area contributed by atoms with Crippen molar-refractivity contribution in [2.45, 2.75) is 13.8 Å². The molecule has 0 radical (unpaired) electrons. The summed E-state index contributed by atoms with van der Waals surface area (Å²) in [7, 11) is 0. The number of aryl methyl sites for hydroxylation is 2. The fourth-order valence-electron chi connectivity index (χ4n) is 2.62. The molecule has 4 aromatic rings. The van der Waals surface area contributed by atoms with Crippen LogP contribution in [0.25, 0.3) is 28.1 Å². The molecule has 0 aliphatic carbocycles. The van der Waals surface area contributed by atoms with E-state index in [1.807, 2.05) is 41.7 Å². The van der Waals surface area contributed by atoms with Crippen molar-refractivity contribution in [1.82, 2.24) is 24.8 Å². The molecule has 0 spiro atoms. The van der Waals surface area contributed by atoms with Gasteiger partial charge in [-0.05, 0) is 43.7 Å². The lowest BCUT2D eigenvalue weighted by Crippen LogP contribution is -1.94. The first-order valence-electron chi connectivity index (χ1n) is 6.60. The second kappa shape index (κ2) is 4.30. The summed E-state index contributed by atoms with van der Waals surface area (Å²) in [4.78, 5) is 0. The molecule has 0 saturated heterocycles. The van der Waals surface area contributed by atoms with E-state index >= 15 is 0 Å². The van der Waals surface area contributed by atoms with Gasteiger partial charge in [0.1, 0.15) is 5.69 Å². The summed E-state index contributed by atoms with van der Waals surface area (Å²) in [6.07, 6.45) is 0. The molecule has 104 valence electrons. The predicted octanol–water partition coefficient (Wildman–Crippen LogP) is 3.54. The largest absolute Gasteiger partial charge is 0.282 e. The van der Waals surface area contributed by atoms with Gasteiger partial charge in [0, 0.05) is 16.1 Å². The number of hydrogen-bond acceptors (Lipinski definition) is 3. The second-order valence-corrected chi connectivity index (χ2v) is 5.58. The summed E-state index contributed by atoms with van der Waals surface area (Å²) in [6.45, 7) is 4.02. The van der Waals surface area contributed by atoms with E-state index in [4.69, 9.17) is 11.6 Å². The summed E-state index contributed by atoms with van der Waals surface area (Å²) in [5, 5.41) is 17.6. The average Bonchev–Trinajstić information content (AvgIpc) is 3.04. The van der Waals surface area contributed by atoms with Gasteiger partial charge in [-0.1, -0.05) is 17.7 Å². The van der Waals surface area contributed by atoms with E-state index in [0.29, 0.717) is 10.8 Å². The Hall–Kier alpha value is -2.40. The summed E-state index contributed by atoms with van der Waals surface area (Å²) in [5.41, 5.74) is 4.67.